The number of ether oxygens (including phenoxy) is 1. The Bertz CT molecular complexity index is 880. The summed E-state index contributed by atoms with van der Waals surface area (Å²) >= 11 is 0. The van der Waals surface area contributed by atoms with E-state index in [4.69, 9.17) is 4.74 Å². The van der Waals surface area contributed by atoms with Gasteiger partial charge in [-0.1, -0.05) is 44.1 Å². The lowest BCUT2D eigenvalue weighted by molar-refractivity contribution is -0.145. The molecule has 31 heavy (non-hydrogen) atoms. The van der Waals surface area contributed by atoms with Gasteiger partial charge in [-0.15, -0.1) is 0 Å². The summed E-state index contributed by atoms with van der Waals surface area (Å²) in [5, 5.41) is 0. The van der Waals surface area contributed by atoms with Crippen molar-refractivity contribution in [1.82, 2.24) is 4.90 Å². The zero-order valence-electron chi connectivity index (χ0n) is 19.6. The molecule has 0 radical (unpaired) electrons. The zero-order valence-corrected chi connectivity index (χ0v) is 19.6. The van der Waals surface area contributed by atoms with Gasteiger partial charge in [0, 0.05) is 43.8 Å². The average Bonchev–Trinajstić information content (AvgIpc) is 3.00. The minimum atomic E-state index is -0.00565. The number of nitrogens with zero attached hydrogens (tertiary/aromatic N) is 2. The molecule has 6 atom stereocenters. The monoisotopic (exact) mass is 422 g/mol. The first kappa shape index (κ1) is 21.1. The van der Waals surface area contributed by atoms with E-state index in [0.29, 0.717) is 12.0 Å². The van der Waals surface area contributed by atoms with Crippen LogP contribution < -0.4 is 4.90 Å². The molecule has 1 aromatic carbocycles. The second kappa shape index (κ2) is 7.95. The molecule has 2 heterocycles. The topological polar surface area (TPSA) is 32.8 Å². The van der Waals surface area contributed by atoms with E-state index in [9.17, 15) is 4.79 Å². The minimum absolute atomic E-state index is 0.00565. The van der Waals surface area contributed by atoms with Crippen LogP contribution in [0.15, 0.2) is 35.9 Å². The highest BCUT2D eigenvalue weighted by Crippen LogP contribution is 2.54. The molecule has 168 valence electrons. The summed E-state index contributed by atoms with van der Waals surface area (Å²) in [5.74, 6) is 0.944. The summed E-state index contributed by atoms with van der Waals surface area (Å²) in [6, 6.07) is 9.24. The Balaban J connectivity index is 1.29. The van der Waals surface area contributed by atoms with Gasteiger partial charge in [0.2, 0.25) is 0 Å². The van der Waals surface area contributed by atoms with Crippen LogP contribution in [0, 0.1) is 30.1 Å². The number of aryl methyl sites for hydroxylation is 1. The maximum atomic E-state index is 12.9. The summed E-state index contributed by atoms with van der Waals surface area (Å²) in [6.45, 7) is 13.1. The van der Waals surface area contributed by atoms with E-state index in [1.807, 2.05) is 0 Å². The van der Waals surface area contributed by atoms with Crippen LogP contribution in [0.25, 0.3) is 0 Å². The molecular formula is C27H38N2O2. The largest absolute Gasteiger partial charge is 0.461 e. The predicted octanol–water partition coefficient (Wildman–Crippen LogP) is 4.82. The minimum Gasteiger partial charge on any atom is -0.461 e. The normalized spacial score (nSPS) is 38.3. The fraction of sp³-hybridized carbons (Fsp3) is 0.667. The molecule has 2 aliphatic heterocycles. The van der Waals surface area contributed by atoms with Crippen molar-refractivity contribution < 1.29 is 9.53 Å². The number of carbonyl (C=O) groups excluding carboxylic acids is 1. The Labute approximate surface area is 187 Å². The Morgan fingerprint density at radius 1 is 1.23 bits per heavy atom. The van der Waals surface area contributed by atoms with Crippen LogP contribution in [0.4, 0.5) is 5.69 Å². The number of carbonyl (C=O) groups is 1. The number of esters is 1. The number of piperazine rings is 1. The van der Waals surface area contributed by atoms with Crippen LogP contribution >= 0.6 is 0 Å². The van der Waals surface area contributed by atoms with Crippen LogP contribution in [0.2, 0.25) is 0 Å². The van der Waals surface area contributed by atoms with Gasteiger partial charge >= 0.3 is 5.97 Å². The predicted molar refractivity (Wildman–Crippen MR) is 125 cm³/mol. The molecule has 1 saturated carbocycles. The van der Waals surface area contributed by atoms with Crippen molar-refractivity contribution in [3.63, 3.8) is 0 Å². The lowest BCUT2D eigenvalue weighted by Gasteiger charge is -2.46. The number of fused-ring (bicyclic) bond motifs is 2. The number of benzene rings is 1. The van der Waals surface area contributed by atoms with Crippen molar-refractivity contribution in [3.05, 3.63) is 41.5 Å². The first-order valence-electron chi connectivity index (χ1n) is 12.3. The summed E-state index contributed by atoms with van der Waals surface area (Å²) in [6.07, 6.45) is 7.42. The summed E-state index contributed by atoms with van der Waals surface area (Å²) in [4.78, 5) is 17.9. The molecule has 2 saturated heterocycles. The molecule has 5 rings (SSSR count). The Hall–Kier alpha value is -1.81. The van der Waals surface area contributed by atoms with Crippen LogP contribution in [0.3, 0.4) is 0 Å². The summed E-state index contributed by atoms with van der Waals surface area (Å²) in [7, 11) is 0. The van der Waals surface area contributed by atoms with E-state index >= 15 is 0 Å². The van der Waals surface area contributed by atoms with Crippen molar-refractivity contribution in [2.75, 3.05) is 31.1 Å². The van der Waals surface area contributed by atoms with Gasteiger partial charge in [0.25, 0.3) is 0 Å². The highest BCUT2D eigenvalue weighted by molar-refractivity contribution is 5.76. The quantitative estimate of drug-likeness (QED) is 0.516. The molecule has 0 unspecified atom stereocenters. The zero-order chi connectivity index (χ0) is 21.8. The average molecular weight is 423 g/mol. The number of allylic oxidation sites excluding steroid dienone is 1. The van der Waals surface area contributed by atoms with Gasteiger partial charge in [0.1, 0.15) is 6.10 Å². The molecule has 0 aromatic heterocycles. The molecule has 3 fully saturated rings. The van der Waals surface area contributed by atoms with Gasteiger partial charge in [-0.2, -0.15) is 0 Å². The summed E-state index contributed by atoms with van der Waals surface area (Å²) in [5.41, 5.74) is 4.47. The fourth-order valence-corrected chi connectivity index (χ4v) is 6.93. The fourth-order valence-electron chi connectivity index (χ4n) is 6.93. The van der Waals surface area contributed by atoms with E-state index in [2.05, 4.69) is 67.8 Å². The van der Waals surface area contributed by atoms with Crippen molar-refractivity contribution in [3.8, 4) is 0 Å². The maximum Gasteiger partial charge on any atom is 0.311 e. The second-order valence-electron chi connectivity index (χ2n) is 11.0. The number of rotatable bonds is 3. The van der Waals surface area contributed by atoms with Crippen molar-refractivity contribution in [1.29, 1.82) is 0 Å². The summed E-state index contributed by atoms with van der Waals surface area (Å²) < 4.78 is 5.98. The molecule has 0 amide bonds. The SMILES string of the molecule is Cc1cccc(N2CCN(C[C@@H]3C(=O)O[C@@H]4C[C@@]5(C)CCC[C@H](C)C5=C[C@H]34)C[C@@H]2C)c1. The van der Waals surface area contributed by atoms with Gasteiger partial charge in [-0.05, 0) is 62.1 Å². The molecule has 0 bridgehead atoms. The van der Waals surface area contributed by atoms with E-state index in [1.165, 1.54) is 30.5 Å². The maximum absolute atomic E-state index is 12.9. The first-order valence-corrected chi connectivity index (χ1v) is 12.3. The second-order valence-corrected chi connectivity index (χ2v) is 11.0. The van der Waals surface area contributed by atoms with Crippen LogP contribution in [-0.2, 0) is 9.53 Å². The van der Waals surface area contributed by atoms with Gasteiger partial charge in [0.05, 0.1) is 5.92 Å². The molecule has 4 heteroatoms. The number of anilines is 1. The molecule has 4 nitrogen and oxygen atoms in total. The van der Waals surface area contributed by atoms with Crippen LogP contribution in [0.1, 0.15) is 52.0 Å². The Morgan fingerprint density at radius 3 is 2.84 bits per heavy atom. The molecule has 0 spiro atoms. The van der Waals surface area contributed by atoms with Crippen molar-refractivity contribution >= 4 is 11.7 Å². The lowest BCUT2D eigenvalue weighted by atomic mass is 9.59. The van der Waals surface area contributed by atoms with E-state index in [1.54, 1.807) is 5.57 Å². The van der Waals surface area contributed by atoms with Crippen molar-refractivity contribution in [2.24, 2.45) is 23.2 Å². The smallest absolute Gasteiger partial charge is 0.311 e. The molecule has 0 N–H and O–H groups in total. The van der Waals surface area contributed by atoms with Crippen LogP contribution in [-0.4, -0.2) is 49.2 Å². The first-order chi connectivity index (χ1) is 14.8. The molecule has 4 aliphatic rings. The van der Waals surface area contributed by atoms with E-state index in [-0.39, 0.29) is 29.3 Å². The third-order valence-electron chi connectivity index (χ3n) is 8.58. The number of hydrogen-bond acceptors (Lipinski definition) is 4. The van der Waals surface area contributed by atoms with Crippen molar-refractivity contribution in [2.45, 2.75) is 65.5 Å². The highest BCUT2D eigenvalue weighted by Gasteiger charge is 2.52. The van der Waals surface area contributed by atoms with Gasteiger partial charge in [-0.3, -0.25) is 9.69 Å². The Kier molecular flexibility index (Phi) is 5.40. The van der Waals surface area contributed by atoms with Gasteiger partial charge in [0.15, 0.2) is 0 Å². The number of hydrogen-bond donors (Lipinski definition) is 0. The Morgan fingerprint density at radius 2 is 2.06 bits per heavy atom. The lowest BCUT2D eigenvalue weighted by Crippen LogP contribution is -2.53. The molecule has 1 aromatic rings. The standard InChI is InChI=1S/C27H38N2O2/c1-18-7-5-9-21(13-18)29-12-11-28(16-20(29)3)17-23-22-14-24-19(2)8-6-10-27(24,4)15-25(22)31-26(23)30/h5,7,9,13-14,19-20,22-23,25H,6,8,10-12,15-17H2,1-4H3/t19-,20-,22+,23-,25+,27+/m0/s1. The third kappa shape index (κ3) is 3.82. The van der Waals surface area contributed by atoms with Gasteiger partial charge < -0.3 is 9.64 Å². The van der Waals surface area contributed by atoms with E-state index in [0.717, 1.165) is 32.6 Å². The van der Waals surface area contributed by atoms with Crippen LogP contribution in [0.5, 0.6) is 0 Å². The van der Waals surface area contributed by atoms with E-state index < -0.39 is 0 Å². The molecule has 2 aliphatic carbocycles. The third-order valence-corrected chi connectivity index (χ3v) is 8.58. The van der Waals surface area contributed by atoms with Gasteiger partial charge in [-0.25, -0.2) is 0 Å². The highest BCUT2D eigenvalue weighted by atomic mass is 16.6. The molecular weight excluding hydrogens is 384 g/mol.